The molecule has 1 fully saturated rings. The van der Waals surface area contributed by atoms with Crippen molar-refractivity contribution in [2.75, 3.05) is 27.2 Å². The summed E-state index contributed by atoms with van der Waals surface area (Å²) in [5, 5.41) is 6.99. The third-order valence-electron chi connectivity index (χ3n) is 5.24. The van der Waals surface area contributed by atoms with Gasteiger partial charge >= 0.3 is 0 Å². The van der Waals surface area contributed by atoms with Crippen LogP contribution in [0, 0.1) is 5.92 Å². The summed E-state index contributed by atoms with van der Waals surface area (Å²) < 4.78 is 0. The van der Waals surface area contributed by atoms with E-state index in [0.717, 1.165) is 37.8 Å². The maximum absolute atomic E-state index is 4.95. The van der Waals surface area contributed by atoms with Crippen molar-refractivity contribution in [1.29, 1.82) is 0 Å². The van der Waals surface area contributed by atoms with Crippen LogP contribution in [0.15, 0.2) is 17.1 Å². The monoisotopic (exact) mass is 434 g/mol. The summed E-state index contributed by atoms with van der Waals surface area (Å²) >= 11 is 0. The molecule has 0 heterocycles. The Bertz CT molecular complexity index is 400. The third-order valence-corrected chi connectivity index (χ3v) is 5.24. The van der Waals surface area contributed by atoms with Crippen LogP contribution in [0.1, 0.15) is 52.4 Å². The lowest BCUT2D eigenvalue weighted by Crippen LogP contribution is -2.51. The van der Waals surface area contributed by atoms with Gasteiger partial charge in [-0.2, -0.15) is 0 Å². The Labute approximate surface area is 159 Å². The van der Waals surface area contributed by atoms with E-state index in [1.807, 2.05) is 0 Å². The Kier molecular flexibility index (Phi) is 8.90. The van der Waals surface area contributed by atoms with Gasteiger partial charge in [0.05, 0.1) is 6.54 Å². The highest BCUT2D eigenvalue weighted by atomic mass is 127. The highest BCUT2D eigenvalue weighted by Gasteiger charge is 2.36. The number of likely N-dealkylation sites (N-methyl/N-ethyl adjacent to an activating group) is 1. The van der Waals surface area contributed by atoms with Crippen molar-refractivity contribution in [2.24, 2.45) is 10.9 Å². The summed E-state index contributed by atoms with van der Waals surface area (Å²) in [6, 6.07) is 0.512. The normalized spacial score (nSPS) is 28.7. The number of guanidine groups is 1. The Hall–Kier alpha value is -0.300. The zero-order chi connectivity index (χ0) is 16.0. The molecule has 0 spiro atoms. The van der Waals surface area contributed by atoms with Crippen molar-refractivity contribution in [2.45, 2.75) is 64.0 Å². The van der Waals surface area contributed by atoms with Crippen LogP contribution in [-0.2, 0) is 0 Å². The predicted octanol–water partition coefficient (Wildman–Crippen LogP) is 3.39. The van der Waals surface area contributed by atoms with E-state index in [2.05, 4.69) is 55.6 Å². The molecular weight excluding hydrogens is 399 g/mol. The fraction of sp³-hybridized carbons (Fsp3) is 0.833. The van der Waals surface area contributed by atoms with Crippen molar-refractivity contribution in [3.05, 3.63) is 12.2 Å². The molecule has 2 rings (SSSR count). The maximum Gasteiger partial charge on any atom is 0.191 e. The Morgan fingerprint density at radius 3 is 2.57 bits per heavy atom. The van der Waals surface area contributed by atoms with Crippen LogP contribution in [0.5, 0.6) is 0 Å². The molecule has 2 aliphatic rings. The van der Waals surface area contributed by atoms with Crippen LogP contribution in [0.3, 0.4) is 0 Å². The van der Waals surface area contributed by atoms with Gasteiger partial charge in [-0.05, 0) is 52.6 Å². The van der Waals surface area contributed by atoms with Gasteiger partial charge in [-0.3, -0.25) is 4.99 Å². The summed E-state index contributed by atoms with van der Waals surface area (Å²) in [5.74, 6) is 1.79. The second-order valence-corrected chi connectivity index (χ2v) is 7.30. The molecule has 0 aromatic rings. The van der Waals surface area contributed by atoms with E-state index >= 15 is 0 Å². The summed E-state index contributed by atoms with van der Waals surface area (Å²) in [6.45, 7) is 6.32. The van der Waals surface area contributed by atoms with Crippen LogP contribution >= 0.6 is 24.0 Å². The lowest BCUT2D eigenvalue weighted by atomic mass is 9.75. The van der Waals surface area contributed by atoms with E-state index in [-0.39, 0.29) is 29.5 Å². The van der Waals surface area contributed by atoms with E-state index in [4.69, 9.17) is 4.99 Å². The quantitative estimate of drug-likeness (QED) is 0.302. The summed E-state index contributed by atoms with van der Waals surface area (Å²) in [7, 11) is 4.43. The van der Waals surface area contributed by atoms with Gasteiger partial charge in [0, 0.05) is 18.1 Å². The molecule has 0 saturated heterocycles. The van der Waals surface area contributed by atoms with Crippen LogP contribution < -0.4 is 10.6 Å². The van der Waals surface area contributed by atoms with Crippen molar-refractivity contribution >= 4 is 29.9 Å². The molecule has 0 aromatic carbocycles. The first-order valence-electron chi connectivity index (χ1n) is 8.93. The largest absolute Gasteiger partial charge is 0.357 e. The second-order valence-electron chi connectivity index (χ2n) is 7.30. The number of halogens is 1. The van der Waals surface area contributed by atoms with Gasteiger partial charge in [-0.1, -0.05) is 31.9 Å². The molecule has 0 aromatic heterocycles. The molecular formula is C18H35IN4. The van der Waals surface area contributed by atoms with Gasteiger partial charge in [0.2, 0.25) is 0 Å². The minimum Gasteiger partial charge on any atom is -0.357 e. The molecule has 134 valence electrons. The summed E-state index contributed by atoms with van der Waals surface area (Å²) in [6.07, 6.45) is 11.9. The zero-order valence-electron chi connectivity index (χ0n) is 15.3. The molecule has 0 bridgehead atoms. The van der Waals surface area contributed by atoms with Crippen LogP contribution in [0.25, 0.3) is 0 Å². The van der Waals surface area contributed by atoms with Crippen LogP contribution in [-0.4, -0.2) is 49.6 Å². The van der Waals surface area contributed by atoms with Gasteiger partial charge in [0.15, 0.2) is 5.96 Å². The Balaban J connectivity index is 0.00000264. The molecule has 23 heavy (non-hydrogen) atoms. The topological polar surface area (TPSA) is 39.7 Å². The first-order chi connectivity index (χ1) is 10.6. The van der Waals surface area contributed by atoms with Gasteiger partial charge in [-0.15, -0.1) is 24.0 Å². The smallest absolute Gasteiger partial charge is 0.191 e. The molecule has 4 nitrogen and oxygen atoms in total. The van der Waals surface area contributed by atoms with E-state index in [1.54, 1.807) is 0 Å². The summed E-state index contributed by atoms with van der Waals surface area (Å²) in [5.41, 5.74) is 0.230. The van der Waals surface area contributed by atoms with E-state index < -0.39 is 0 Å². The van der Waals surface area contributed by atoms with E-state index in [9.17, 15) is 0 Å². The highest BCUT2D eigenvalue weighted by Crippen LogP contribution is 2.35. The van der Waals surface area contributed by atoms with Gasteiger partial charge in [0.25, 0.3) is 0 Å². The summed E-state index contributed by atoms with van der Waals surface area (Å²) in [4.78, 5) is 7.36. The zero-order valence-corrected chi connectivity index (χ0v) is 17.6. The Morgan fingerprint density at radius 1 is 1.30 bits per heavy atom. The lowest BCUT2D eigenvalue weighted by molar-refractivity contribution is 0.0845. The number of aliphatic imine (C=N–C) groups is 1. The van der Waals surface area contributed by atoms with Gasteiger partial charge in [-0.25, -0.2) is 0 Å². The lowest BCUT2D eigenvalue weighted by Gasteiger charge is -2.44. The van der Waals surface area contributed by atoms with Crippen molar-refractivity contribution in [3.8, 4) is 0 Å². The SMILES string of the molecule is CCNC(=NCC1(N(C)C)CCCC(C)C1)NC1CC=CC1.I. The fourth-order valence-electron chi connectivity index (χ4n) is 3.80. The average molecular weight is 434 g/mol. The molecule has 0 radical (unpaired) electrons. The molecule has 2 N–H and O–H groups in total. The fourth-order valence-corrected chi connectivity index (χ4v) is 3.80. The predicted molar refractivity (Wildman–Crippen MR) is 111 cm³/mol. The third kappa shape index (κ3) is 5.93. The first kappa shape index (κ1) is 20.7. The van der Waals surface area contributed by atoms with Gasteiger partial charge in [0.1, 0.15) is 0 Å². The van der Waals surface area contributed by atoms with E-state index in [0.29, 0.717) is 6.04 Å². The van der Waals surface area contributed by atoms with Crippen molar-refractivity contribution in [1.82, 2.24) is 15.5 Å². The molecule has 0 aliphatic heterocycles. The van der Waals surface area contributed by atoms with E-state index in [1.165, 1.54) is 25.7 Å². The number of hydrogen-bond donors (Lipinski definition) is 2. The number of nitrogens with one attached hydrogen (secondary N) is 2. The molecule has 2 unspecified atom stereocenters. The highest BCUT2D eigenvalue weighted by molar-refractivity contribution is 14.0. The molecule has 2 atom stereocenters. The number of rotatable bonds is 5. The number of nitrogens with zero attached hydrogens (tertiary/aromatic N) is 2. The minimum atomic E-state index is 0. The second kappa shape index (κ2) is 9.87. The Morgan fingerprint density at radius 2 is 2.00 bits per heavy atom. The van der Waals surface area contributed by atoms with Crippen molar-refractivity contribution in [3.63, 3.8) is 0 Å². The van der Waals surface area contributed by atoms with Crippen molar-refractivity contribution < 1.29 is 0 Å². The van der Waals surface area contributed by atoms with Crippen LogP contribution in [0.4, 0.5) is 0 Å². The molecule has 5 heteroatoms. The average Bonchev–Trinajstić information content (AvgIpc) is 2.98. The minimum absolute atomic E-state index is 0. The molecule has 1 saturated carbocycles. The van der Waals surface area contributed by atoms with Gasteiger partial charge < -0.3 is 15.5 Å². The maximum atomic E-state index is 4.95. The molecule has 0 amide bonds. The first-order valence-corrected chi connectivity index (χ1v) is 8.93. The molecule has 2 aliphatic carbocycles. The number of hydrogen-bond acceptors (Lipinski definition) is 2. The standard InChI is InChI=1S/C18H34N4.HI/c1-5-19-17(21-16-10-6-7-11-16)20-14-18(22(3)4)12-8-9-15(2)13-18;/h6-7,15-16H,5,8-14H2,1-4H3,(H2,19,20,21);1H. The van der Waals surface area contributed by atoms with Crippen LogP contribution in [0.2, 0.25) is 0 Å².